The molecular weight excluding hydrogens is 240 g/mol. The fourth-order valence-electron chi connectivity index (χ4n) is 2.38. The van der Waals surface area contributed by atoms with E-state index in [9.17, 15) is 0 Å². The molecule has 0 saturated heterocycles. The first-order chi connectivity index (χ1) is 9.10. The van der Waals surface area contributed by atoms with Gasteiger partial charge in [0.05, 0.1) is 6.04 Å². The fraction of sp³-hybridized carbons (Fsp3) is 0.733. The Morgan fingerprint density at radius 2 is 2.05 bits per heavy atom. The minimum Gasteiger partial charge on any atom is -0.465 e. The second kappa shape index (κ2) is 8.35. The van der Waals surface area contributed by atoms with E-state index in [1.807, 2.05) is 19.1 Å². The van der Waals surface area contributed by atoms with Crippen LogP contribution < -0.4 is 5.73 Å². The van der Waals surface area contributed by atoms with E-state index in [0.29, 0.717) is 0 Å². The smallest absolute Gasteiger partial charge is 0.122 e. The highest BCUT2D eigenvalue weighted by atomic mass is 16.3. The molecule has 0 aliphatic rings. The number of hydrogen-bond donors (Lipinski definition) is 2. The number of likely N-dealkylation sites (N-methyl/N-ethyl adjacent to an activating group) is 1. The van der Waals surface area contributed by atoms with Gasteiger partial charge in [0, 0.05) is 12.6 Å². The molecule has 0 aliphatic heterocycles. The van der Waals surface area contributed by atoms with Crippen LogP contribution in [0.4, 0.5) is 0 Å². The molecule has 19 heavy (non-hydrogen) atoms. The zero-order chi connectivity index (χ0) is 14.3. The third-order valence-corrected chi connectivity index (χ3v) is 3.57. The Kier molecular flexibility index (Phi) is 7.13. The van der Waals surface area contributed by atoms with Gasteiger partial charge in [0.2, 0.25) is 0 Å². The van der Waals surface area contributed by atoms with Gasteiger partial charge in [-0.25, -0.2) is 0 Å². The van der Waals surface area contributed by atoms with Crippen molar-refractivity contribution in [3.63, 3.8) is 0 Å². The summed E-state index contributed by atoms with van der Waals surface area (Å²) in [4.78, 5) is 2.27. The van der Waals surface area contributed by atoms with E-state index in [2.05, 4.69) is 18.9 Å². The van der Waals surface area contributed by atoms with Gasteiger partial charge in [0.25, 0.3) is 0 Å². The van der Waals surface area contributed by atoms with E-state index < -0.39 is 0 Å². The molecule has 0 aliphatic carbocycles. The van der Waals surface area contributed by atoms with Gasteiger partial charge in [-0.1, -0.05) is 6.92 Å². The summed E-state index contributed by atoms with van der Waals surface area (Å²) in [5.74, 6) is 1.88. The van der Waals surface area contributed by atoms with Crippen molar-refractivity contribution in [1.29, 1.82) is 0 Å². The summed E-state index contributed by atoms with van der Waals surface area (Å²) in [6.45, 7) is 5.31. The molecule has 1 rings (SSSR count). The molecule has 2 unspecified atom stereocenters. The van der Waals surface area contributed by atoms with E-state index >= 15 is 0 Å². The van der Waals surface area contributed by atoms with E-state index in [1.54, 1.807) is 0 Å². The Bertz CT molecular complexity index is 352. The Hall–Kier alpha value is -0.840. The number of furan rings is 1. The largest absolute Gasteiger partial charge is 0.465 e. The van der Waals surface area contributed by atoms with E-state index in [1.165, 1.54) is 0 Å². The van der Waals surface area contributed by atoms with Crippen molar-refractivity contribution in [3.05, 3.63) is 23.7 Å². The summed E-state index contributed by atoms with van der Waals surface area (Å²) < 4.78 is 5.76. The normalized spacial score (nSPS) is 14.8. The molecule has 0 spiro atoms. The SMILES string of the molecule is CCC(N)C(c1ccc(C)o1)N(C)CCCCCO. The minimum atomic E-state index is 0.0772. The number of nitrogens with two attached hydrogens (primary N) is 1. The van der Waals surface area contributed by atoms with Crippen LogP contribution in [0, 0.1) is 6.92 Å². The summed E-state index contributed by atoms with van der Waals surface area (Å²) in [6, 6.07) is 4.23. The molecule has 3 N–H and O–H groups in total. The summed E-state index contributed by atoms with van der Waals surface area (Å²) in [5, 5.41) is 8.80. The first kappa shape index (κ1) is 16.2. The monoisotopic (exact) mass is 268 g/mol. The molecule has 110 valence electrons. The molecule has 0 fully saturated rings. The molecule has 0 saturated carbocycles. The number of rotatable bonds is 9. The van der Waals surface area contributed by atoms with Crippen LogP contribution in [0.1, 0.15) is 50.2 Å². The van der Waals surface area contributed by atoms with Crippen LogP contribution in [0.25, 0.3) is 0 Å². The van der Waals surface area contributed by atoms with Crippen LogP contribution in [0.3, 0.4) is 0 Å². The van der Waals surface area contributed by atoms with Gasteiger partial charge >= 0.3 is 0 Å². The number of nitrogens with zero attached hydrogens (tertiary/aromatic N) is 1. The third-order valence-electron chi connectivity index (χ3n) is 3.57. The molecule has 4 heteroatoms. The summed E-state index contributed by atoms with van der Waals surface area (Å²) in [7, 11) is 2.09. The molecule has 0 bridgehead atoms. The Labute approximate surface area is 116 Å². The van der Waals surface area contributed by atoms with Crippen molar-refractivity contribution < 1.29 is 9.52 Å². The number of unbranched alkanes of at least 4 members (excludes halogenated alkanes) is 2. The van der Waals surface area contributed by atoms with E-state index in [4.69, 9.17) is 15.3 Å². The van der Waals surface area contributed by atoms with Gasteiger partial charge in [0.15, 0.2) is 0 Å². The number of aliphatic hydroxyl groups excluding tert-OH is 1. The number of hydrogen-bond acceptors (Lipinski definition) is 4. The van der Waals surface area contributed by atoms with Gasteiger partial charge < -0.3 is 15.3 Å². The fourth-order valence-corrected chi connectivity index (χ4v) is 2.38. The molecule has 0 amide bonds. The lowest BCUT2D eigenvalue weighted by atomic mass is 10.0. The average molecular weight is 268 g/mol. The lowest BCUT2D eigenvalue weighted by Gasteiger charge is -2.30. The van der Waals surface area contributed by atoms with Crippen LogP contribution in [0.2, 0.25) is 0 Å². The van der Waals surface area contributed by atoms with Gasteiger partial charge in [-0.3, -0.25) is 4.90 Å². The standard InChI is InChI=1S/C15H28N2O2/c1-4-13(16)15(14-9-8-12(2)19-14)17(3)10-6-5-7-11-18/h8-9,13,15,18H,4-7,10-11,16H2,1-3H3. The van der Waals surface area contributed by atoms with Crippen molar-refractivity contribution >= 4 is 0 Å². The van der Waals surface area contributed by atoms with Crippen LogP contribution >= 0.6 is 0 Å². The highest BCUT2D eigenvalue weighted by Gasteiger charge is 2.25. The maximum Gasteiger partial charge on any atom is 0.122 e. The van der Waals surface area contributed by atoms with Crippen molar-refractivity contribution in [2.24, 2.45) is 5.73 Å². The third kappa shape index (κ3) is 4.97. The summed E-state index contributed by atoms with van der Waals surface area (Å²) >= 11 is 0. The highest BCUT2D eigenvalue weighted by molar-refractivity contribution is 5.12. The molecule has 0 radical (unpaired) electrons. The maximum atomic E-state index is 8.80. The van der Waals surface area contributed by atoms with E-state index in [0.717, 1.165) is 43.7 Å². The lowest BCUT2D eigenvalue weighted by Crippen LogP contribution is -2.39. The maximum absolute atomic E-state index is 8.80. The van der Waals surface area contributed by atoms with Crippen LogP contribution in [-0.4, -0.2) is 36.2 Å². The van der Waals surface area contributed by atoms with Gasteiger partial charge in [-0.15, -0.1) is 0 Å². The van der Waals surface area contributed by atoms with Gasteiger partial charge in [0.1, 0.15) is 11.5 Å². The second-order valence-electron chi connectivity index (χ2n) is 5.23. The molecule has 1 aromatic rings. The molecule has 4 nitrogen and oxygen atoms in total. The first-order valence-corrected chi connectivity index (χ1v) is 7.23. The zero-order valence-corrected chi connectivity index (χ0v) is 12.4. The number of aryl methyl sites for hydroxylation is 1. The van der Waals surface area contributed by atoms with Gasteiger partial charge in [-0.2, -0.15) is 0 Å². The van der Waals surface area contributed by atoms with E-state index in [-0.39, 0.29) is 18.7 Å². The summed E-state index contributed by atoms with van der Waals surface area (Å²) in [6.07, 6.45) is 3.92. The van der Waals surface area contributed by atoms with Crippen LogP contribution in [0.15, 0.2) is 16.5 Å². The number of aliphatic hydroxyl groups is 1. The van der Waals surface area contributed by atoms with Gasteiger partial charge in [-0.05, 0) is 58.3 Å². The topological polar surface area (TPSA) is 62.6 Å². The molecular formula is C15H28N2O2. The second-order valence-corrected chi connectivity index (χ2v) is 5.23. The predicted molar refractivity (Wildman–Crippen MR) is 78.0 cm³/mol. The minimum absolute atomic E-state index is 0.0772. The lowest BCUT2D eigenvalue weighted by molar-refractivity contribution is 0.176. The Balaban J connectivity index is 2.63. The average Bonchev–Trinajstić information content (AvgIpc) is 2.81. The van der Waals surface area contributed by atoms with Crippen molar-refractivity contribution in [3.8, 4) is 0 Å². The van der Waals surface area contributed by atoms with Crippen molar-refractivity contribution in [2.45, 2.75) is 51.6 Å². The highest BCUT2D eigenvalue weighted by Crippen LogP contribution is 2.26. The first-order valence-electron chi connectivity index (χ1n) is 7.23. The Morgan fingerprint density at radius 3 is 2.58 bits per heavy atom. The quantitative estimate of drug-likeness (QED) is 0.675. The zero-order valence-electron chi connectivity index (χ0n) is 12.4. The molecule has 2 atom stereocenters. The van der Waals surface area contributed by atoms with Crippen molar-refractivity contribution in [1.82, 2.24) is 4.90 Å². The summed E-state index contributed by atoms with van der Waals surface area (Å²) in [5.41, 5.74) is 6.25. The molecule has 0 aromatic carbocycles. The predicted octanol–water partition coefficient (Wildman–Crippen LogP) is 2.46. The van der Waals surface area contributed by atoms with Crippen molar-refractivity contribution in [2.75, 3.05) is 20.2 Å². The van der Waals surface area contributed by atoms with Crippen LogP contribution in [-0.2, 0) is 0 Å². The molecule has 1 heterocycles. The molecule has 1 aromatic heterocycles. The van der Waals surface area contributed by atoms with Crippen LogP contribution in [0.5, 0.6) is 0 Å². The Morgan fingerprint density at radius 1 is 1.32 bits per heavy atom.